The van der Waals surface area contributed by atoms with Crippen molar-refractivity contribution < 1.29 is 18.7 Å². The zero-order valence-electron chi connectivity index (χ0n) is 17.4. The Balaban J connectivity index is 1.69. The number of benzene rings is 2. The van der Waals surface area contributed by atoms with Gasteiger partial charge in [-0.2, -0.15) is 0 Å². The second-order valence-electron chi connectivity index (χ2n) is 7.88. The van der Waals surface area contributed by atoms with Crippen LogP contribution >= 0.6 is 0 Å². The van der Waals surface area contributed by atoms with Gasteiger partial charge in [-0.05, 0) is 51.1 Å². The van der Waals surface area contributed by atoms with E-state index in [9.17, 15) is 18.8 Å². The molecule has 162 valence electrons. The molecule has 0 spiro atoms. The first-order valence-electron chi connectivity index (χ1n) is 9.66. The highest BCUT2D eigenvalue weighted by molar-refractivity contribution is 5.97. The quantitative estimate of drug-likeness (QED) is 0.644. The number of fused-ring (bicyclic) bond motifs is 1. The summed E-state index contributed by atoms with van der Waals surface area (Å²) in [6.45, 7) is 5.23. The van der Waals surface area contributed by atoms with Gasteiger partial charge in [0.15, 0.2) is 0 Å². The number of aromatic nitrogens is 2. The number of hydrogen-bond donors (Lipinski definition) is 2. The fourth-order valence-electron chi connectivity index (χ4n) is 2.84. The molecule has 0 aliphatic rings. The highest BCUT2D eigenvalue weighted by Crippen LogP contribution is 2.24. The van der Waals surface area contributed by atoms with Crippen LogP contribution in [-0.2, 0) is 16.1 Å². The molecule has 0 saturated carbocycles. The highest BCUT2D eigenvalue weighted by Gasteiger charge is 2.18. The van der Waals surface area contributed by atoms with Gasteiger partial charge in [-0.3, -0.25) is 19.5 Å². The number of carbonyl (C=O) groups is 2. The van der Waals surface area contributed by atoms with Crippen LogP contribution in [0.5, 0.6) is 0 Å². The zero-order valence-corrected chi connectivity index (χ0v) is 17.4. The number of para-hydroxylation sites is 1. The van der Waals surface area contributed by atoms with Gasteiger partial charge in [0, 0.05) is 13.0 Å². The number of anilines is 2. The Kier molecular flexibility index (Phi) is 6.33. The van der Waals surface area contributed by atoms with Crippen LogP contribution < -0.4 is 16.2 Å². The first-order chi connectivity index (χ1) is 14.6. The minimum absolute atomic E-state index is 0.0533. The maximum atomic E-state index is 13.7. The van der Waals surface area contributed by atoms with E-state index in [-0.39, 0.29) is 29.9 Å². The molecule has 0 unspecified atom stereocenters. The van der Waals surface area contributed by atoms with E-state index in [1.807, 2.05) is 0 Å². The number of carbonyl (C=O) groups excluding carboxylic acids is 2. The molecule has 2 N–H and O–H groups in total. The number of aryl methyl sites for hydroxylation is 1. The number of ether oxygens (including phenoxy) is 1. The average Bonchev–Trinajstić information content (AvgIpc) is 2.68. The molecule has 1 aromatic heterocycles. The first-order valence-corrected chi connectivity index (χ1v) is 9.66. The van der Waals surface area contributed by atoms with Gasteiger partial charge < -0.3 is 10.1 Å². The van der Waals surface area contributed by atoms with Crippen LogP contribution in [0.25, 0.3) is 10.9 Å². The summed E-state index contributed by atoms with van der Waals surface area (Å²) >= 11 is 0. The summed E-state index contributed by atoms with van der Waals surface area (Å²) in [7, 11) is 0. The number of nitrogens with one attached hydrogen (secondary N) is 2. The number of rotatable bonds is 5. The van der Waals surface area contributed by atoms with E-state index in [2.05, 4.69) is 15.6 Å². The molecule has 31 heavy (non-hydrogen) atoms. The fourth-order valence-corrected chi connectivity index (χ4v) is 2.84. The summed E-state index contributed by atoms with van der Waals surface area (Å²) in [6, 6.07) is 10.5. The van der Waals surface area contributed by atoms with Gasteiger partial charge >= 0.3 is 6.09 Å². The topological polar surface area (TPSA) is 102 Å². The number of nitrogens with zero attached hydrogens (tertiary/aromatic N) is 2. The minimum atomic E-state index is -0.733. The van der Waals surface area contributed by atoms with Crippen molar-refractivity contribution in [3.05, 3.63) is 65.0 Å². The normalized spacial score (nSPS) is 11.2. The summed E-state index contributed by atoms with van der Waals surface area (Å²) in [4.78, 5) is 41.2. The Labute approximate surface area is 178 Å². The minimum Gasteiger partial charge on any atom is -0.444 e. The van der Waals surface area contributed by atoms with Crippen molar-refractivity contribution >= 4 is 34.3 Å². The molecule has 8 nitrogen and oxygen atoms in total. The molecule has 0 radical (unpaired) electrons. The molecular formula is C22H23FN4O4. The third kappa shape index (κ3) is 5.88. The zero-order chi connectivity index (χ0) is 22.6. The molecular weight excluding hydrogens is 403 g/mol. The fraction of sp³-hybridized carbons (Fsp3) is 0.273. The monoisotopic (exact) mass is 426 g/mol. The molecule has 3 rings (SSSR count). The number of halogens is 1. The maximum Gasteiger partial charge on any atom is 0.412 e. The van der Waals surface area contributed by atoms with Crippen LogP contribution in [0.2, 0.25) is 0 Å². The molecule has 2 amide bonds. The van der Waals surface area contributed by atoms with Gasteiger partial charge in [0.2, 0.25) is 5.91 Å². The molecule has 3 aromatic rings. The van der Waals surface area contributed by atoms with E-state index in [0.717, 1.165) is 12.1 Å². The standard InChI is InChI=1S/C22H23FN4O4/c1-22(2,3)31-21(30)26-17-9-8-14(23)12-18(17)25-19(28)10-11-27-13-24-16-7-5-4-6-15(16)20(27)29/h4-9,12-13H,10-11H2,1-3H3,(H,25,28)(H,26,30). The first kappa shape index (κ1) is 21.9. The second-order valence-corrected chi connectivity index (χ2v) is 7.88. The third-order valence-corrected chi connectivity index (χ3v) is 4.20. The second kappa shape index (κ2) is 8.95. The lowest BCUT2D eigenvalue weighted by Gasteiger charge is -2.20. The van der Waals surface area contributed by atoms with Crippen LogP contribution in [0.1, 0.15) is 27.2 Å². The maximum absolute atomic E-state index is 13.7. The number of amides is 2. The van der Waals surface area contributed by atoms with Crippen LogP contribution in [0.15, 0.2) is 53.6 Å². The highest BCUT2D eigenvalue weighted by atomic mass is 19.1. The Bertz CT molecular complexity index is 1180. The van der Waals surface area contributed by atoms with E-state index in [4.69, 9.17) is 4.74 Å². The van der Waals surface area contributed by atoms with Crippen molar-refractivity contribution in [2.75, 3.05) is 10.6 Å². The van der Waals surface area contributed by atoms with Gasteiger partial charge in [-0.25, -0.2) is 14.2 Å². The summed E-state index contributed by atoms with van der Waals surface area (Å²) in [5.74, 6) is -1.04. The van der Waals surface area contributed by atoms with E-state index in [0.29, 0.717) is 10.9 Å². The lowest BCUT2D eigenvalue weighted by Crippen LogP contribution is -2.28. The molecule has 0 bridgehead atoms. The van der Waals surface area contributed by atoms with Crippen molar-refractivity contribution in [3.8, 4) is 0 Å². The molecule has 2 aromatic carbocycles. The third-order valence-electron chi connectivity index (χ3n) is 4.20. The lowest BCUT2D eigenvalue weighted by molar-refractivity contribution is -0.116. The van der Waals surface area contributed by atoms with Crippen LogP contribution in [0, 0.1) is 5.82 Å². The van der Waals surface area contributed by atoms with E-state index < -0.39 is 23.4 Å². The van der Waals surface area contributed by atoms with Crippen molar-refractivity contribution in [2.24, 2.45) is 0 Å². The van der Waals surface area contributed by atoms with Gasteiger partial charge in [-0.15, -0.1) is 0 Å². The average molecular weight is 426 g/mol. The predicted molar refractivity (Wildman–Crippen MR) is 116 cm³/mol. The molecule has 0 saturated heterocycles. The van der Waals surface area contributed by atoms with Gasteiger partial charge in [0.25, 0.3) is 5.56 Å². The Morgan fingerprint density at radius 2 is 1.84 bits per heavy atom. The summed E-state index contributed by atoms with van der Waals surface area (Å²) in [5, 5.41) is 5.51. The molecule has 0 aliphatic heterocycles. The summed E-state index contributed by atoms with van der Waals surface area (Å²) in [6.07, 6.45) is 0.598. The van der Waals surface area contributed by atoms with Crippen molar-refractivity contribution in [1.29, 1.82) is 0 Å². The smallest absolute Gasteiger partial charge is 0.412 e. The van der Waals surface area contributed by atoms with Crippen molar-refractivity contribution in [1.82, 2.24) is 9.55 Å². The SMILES string of the molecule is CC(C)(C)OC(=O)Nc1ccc(F)cc1NC(=O)CCn1cnc2ccccc2c1=O. The predicted octanol–water partition coefficient (Wildman–Crippen LogP) is 3.91. The van der Waals surface area contributed by atoms with Crippen molar-refractivity contribution in [3.63, 3.8) is 0 Å². The molecule has 0 aliphatic carbocycles. The summed E-state index contributed by atoms with van der Waals surface area (Å²) < 4.78 is 20.2. The number of hydrogen-bond acceptors (Lipinski definition) is 5. The van der Waals surface area contributed by atoms with Gasteiger partial charge in [0.05, 0.1) is 28.6 Å². The Morgan fingerprint density at radius 1 is 1.10 bits per heavy atom. The van der Waals surface area contributed by atoms with Crippen LogP contribution in [0.3, 0.4) is 0 Å². The molecule has 0 fully saturated rings. The van der Waals surface area contributed by atoms with Gasteiger partial charge in [0.1, 0.15) is 11.4 Å². The molecule has 0 atom stereocenters. The summed E-state index contributed by atoms with van der Waals surface area (Å²) in [5.41, 5.74) is -0.120. The van der Waals surface area contributed by atoms with E-state index >= 15 is 0 Å². The van der Waals surface area contributed by atoms with E-state index in [1.165, 1.54) is 17.0 Å². The van der Waals surface area contributed by atoms with Crippen LogP contribution in [-0.4, -0.2) is 27.2 Å². The van der Waals surface area contributed by atoms with E-state index in [1.54, 1.807) is 45.0 Å². The Morgan fingerprint density at radius 3 is 2.58 bits per heavy atom. The largest absolute Gasteiger partial charge is 0.444 e. The van der Waals surface area contributed by atoms with Crippen LogP contribution in [0.4, 0.5) is 20.6 Å². The lowest BCUT2D eigenvalue weighted by atomic mass is 10.2. The molecule has 1 heterocycles. The van der Waals surface area contributed by atoms with Crippen molar-refractivity contribution in [2.45, 2.75) is 39.3 Å². The molecule has 9 heteroatoms. The van der Waals surface area contributed by atoms with Gasteiger partial charge in [-0.1, -0.05) is 12.1 Å². The Hall–Kier alpha value is -3.75.